The molecule has 0 saturated carbocycles. The third kappa shape index (κ3) is 4.11. The summed E-state index contributed by atoms with van der Waals surface area (Å²) in [6.45, 7) is 6.92. The van der Waals surface area contributed by atoms with E-state index in [1.165, 1.54) is 43.5 Å². The summed E-state index contributed by atoms with van der Waals surface area (Å²) in [5, 5.41) is 3.59. The lowest BCUT2D eigenvalue weighted by Gasteiger charge is -2.28. The zero-order chi connectivity index (χ0) is 12.8. The van der Waals surface area contributed by atoms with Crippen molar-refractivity contribution in [1.82, 2.24) is 10.2 Å². The standard InChI is InChI=1S/C16H26N2/c1-14-5-3-4-6-16(14)13-17-10-7-15-8-11-18(2)12-9-15/h3-6,15,17H,7-13H2,1-2H3. The number of nitrogens with one attached hydrogen (secondary N) is 1. The Morgan fingerprint density at radius 1 is 1.22 bits per heavy atom. The van der Waals surface area contributed by atoms with Gasteiger partial charge in [0.2, 0.25) is 0 Å². The highest BCUT2D eigenvalue weighted by molar-refractivity contribution is 5.25. The first kappa shape index (κ1) is 13.6. The number of hydrogen-bond acceptors (Lipinski definition) is 2. The summed E-state index contributed by atoms with van der Waals surface area (Å²) in [6.07, 6.45) is 4.09. The molecule has 0 aromatic heterocycles. The smallest absolute Gasteiger partial charge is 0.0208 e. The van der Waals surface area contributed by atoms with Gasteiger partial charge in [0, 0.05) is 6.54 Å². The lowest BCUT2D eigenvalue weighted by molar-refractivity contribution is 0.211. The van der Waals surface area contributed by atoms with Crippen LogP contribution in [-0.4, -0.2) is 31.6 Å². The first-order chi connectivity index (χ1) is 8.75. The fourth-order valence-corrected chi connectivity index (χ4v) is 2.69. The van der Waals surface area contributed by atoms with Crippen molar-refractivity contribution < 1.29 is 0 Å². The molecule has 0 amide bonds. The van der Waals surface area contributed by atoms with Gasteiger partial charge in [-0.05, 0) is 69.9 Å². The molecule has 1 saturated heterocycles. The molecule has 2 rings (SSSR count). The Balaban J connectivity index is 1.63. The van der Waals surface area contributed by atoms with E-state index in [1.54, 1.807) is 0 Å². The van der Waals surface area contributed by atoms with E-state index in [0.29, 0.717) is 0 Å². The highest BCUT2D eigenvalue weighted by Crippen LogP contribution is 2.18. The molecule has 0 radical (unpaired) electrons. The second-order valence-corrected chi connectivity index (χ2v) is 5.64. The molecule has 100 valence electrons. The monoisotopic (exact) mass is 246 g/mol. The minimum Gasteiger partial charge on any atom is -0.313 e. The zero-order valence-electron chi connectivity index (χ0n) is 11.8. The molecule has 2 heteroatoms. The molecule has 0 spiro atoms. The van der Waals surface area contributed by atoms with Crippen molar-refractivity contribution in [2.75, 3.05) is 26.7 Å². The molecule has 18 heavy (non-hydrogen) atoms. The van der Waals surface area contributed by atoms with Gasteiger partial charge < -0.3 is 10.2 Å². The molecule has 1 aromatic carbocycles. The van der Waals surface area contributed by atoms with Crippen LogP contribution in [0.15, 0.2) is 24.3 Å². The molecule has 1 aliphatic heterocycles. The van der Waals surface area contributed by atoms with Gasteiger partial charge >= 0.3 is 0 Å². The predicted molar refractivity (Wildman–Crippen MR) is 77.7 cm³/mol. The number of aryl methyl sites for hydroxylation is 1. The topological polar surface area (TPSA) is 15.3 Å². The van der Waals surface area contributed by atoms with Crippen LogP contribution in [-0.2, 0) is 6.54 Å². The maximum absolute atomic E-state index is 3.59. The summed E-state index contributed by atoms with van der Waals surface area (Å²) < 4.78 is 0. The maximum Gasteiger partial charge on any atom is 0.0208 e. The molecular formula is C16H26N2. The third-order valence-corrected chi connectivity index (χ3v) is 4.14. The highest BCUT2D eigenvalue weighted by atomic mass is 15.1. The van der Waals surface area contributed by atoms with Gasteiger partial charge in [0.1, 0.15) is 0 Å². The largest absolute Gasteiger partial charge is 0.313 e. The van der Waals surface area contributed by atoms with Crippen molar-refractivity contribution in [2.24, 2.45) is 5.92 Å². The van der Waals surface area contributed by atoms with Crippen molar-refractivity contribution >= 4 is 0 Å². The van der Waals surface area contributed by atoms with Crippen LogP contribution in [0.3, 0.4) is 0 Å². The van der Waals surface area contributed by atoms with E-state index in [1.807, 2.05) is 0 Å². The molecule has 0 aliphatic carbocycles. The summed E-state index contributed by atoms with van der Waals surface area (Å²) in [6, 6.07) is 8.64. The van der Waals surface area contributed by atoms with E-state index in [0.717, 1.165) is 19.0 Å². The van der Waals surface area contributed by atoms with Gasteiger partial charge in [0.05, 0.1) is 0 Å². The third-order valence-electron chi connectivity index (χ3n) is 4.14. The van der Waals surface area contributed by atoms with E-state index in [-0.39, 0.29) is 0 Å². The Morgan fingerprint density at radius 3 is 2.67 bits per heavy atom. The van der Waals surface area contributed by atoms with Gasteiger partial charge in [-0.1, -0.05) is 24.3 Å². The summed E-state index contributed by atoms with van der Waals surface area (Å²) in [5.74, 6) is 0.936. The van der Waals surface area contributed by atoms with Crippen LogP contribution in [0.1, 0.15) is 30.4 Å². The second-order valence-electron chi connectivity index (χ2n) is 5.64. The molecule has 1 aromatic rings. The van der Waals surface area contributed by atoms with Crippen molar-refractivity contribution in [3.05, 3.63) is 35.4 Å². The van der Waals surface area contributed by atoms with E-state index < -0.39 is 0 Å². The molecule has 0 bridgehead atoms. The molecule has 0 atom stereocenters. The Morgan fingerprint density at radius 2 is 1.94 bits per heavy atom. The van der Waals surface area contributed by atoms with Crippen molar-refractivity contribution in [1.29, 1.82) is 0 Å². The quantitative estimate of drug-likeness (QED) is 0.804. The number of likely N-dealkylation sites (tertiary alicyclic amines) is 1. The Kier molecular flexibility index (Phi) is 5.21. The Hall–Kier alpha value is -0.860. The Labute approximate surface area is 111 Å². The minimum atomic E-state index is 0.936. The minimum absolute atomic E-state index is 0.936. The van der Waals surface area contributed by atoms with E-state index in [4.69, 9.17) is 0 Å². The molecule has 0 unspecified atom stereocenters. The van der Waals surface area contributed by atoms with Gasteiger partial charge in [0.25, 0.3) is 0 Å². The van der Waals surface area contributed by atoms with Gasteiger partial charge in [-0.25, -0.2) is 0 Å². The molecule has 1 aliphatic rings. The van der Waals surface area contributed by atoms with Crippen LogP contribution in [0.25, 0.3) is 0 Å². The van der Waals surface area contributed by atoms with E-state index >= 15 is 0 Å². The lowest BCUT2D eigenvalue weighted by atomic mass is 9.94. The Bertz CT molecular complexity index is 354. The summed E-state index contributed by atoms with van der Waals surface area (Å²) in [7, 11) is 2.23. The summed E-state index contributed by atoms with van der Waals surface area (Å²) in [4.78, 5) is 2.44. The average molecular weight is 246 g/mol. The van der Waals surface area contributed by atoms with Crippen LogP contribution in [0, 0.1) is 12.8 Å². The van der Waals surface area contributed by atoms with Crippen molar-refractivity contribution in [3.8, 4) is 0 Å². The SMILES string of the molecule is Cc1ccccc1CNCCC1CCN(C)CC1. The number of nitrogens with zero attached hydrogens (tertiary/aromatic N) is 1. The van der Waals surface area contributed by atoms with Gasteiger partial charge in [-0.15, -0.1) is 0 Å². The second kappa shape index (κ2) is 6.91. The highest BCUT2D eigenvalue weighted by Gasteiger charge is 2.15. The van der Waals surface area contributed by atoms with Gasteiger partial charge in [0.15, 0.2) is 0 Å². The molecular weight excluding hydrogens is 220 g/mol. The lowest BCUT2D eigenvalue weighted by Crippen LogP contribution is -2.31. The average Bonchev–Trinajstić information content (AvgIpc) is 2.39. The van der Waals surface area contributed by atoms with Crippen LogP contribution in [0.2, 0.25) is 0 Å². The zero-order valence-corrected chi connectivity index (χ0v) is 11.8. The van der Waals surface area contributed by atoms with Crippen LogP contribution >= 0.6 is 0 Å². The summed E-state index contributed by atoms with van der Waals surface area (Å²) in [5.41, 5.74) is 2.82. The maximum atomic E-state index is 3.59. The van der Waals surface area contributed by atoms with Gasteiger partial charge in [-0.3, -0.25) is 0 Å². The molecule has 1 N–H and O–H groups in total. The first-order valence-corrected chi connectivity index (χ1v) is 7.19. The number of hydrogen-bond donors (Lipinski definition) is 1. The number of benzene rings is 1. The molecule has 1 fully saturated rings. The predicted octanol–water partition coefficient (Wildman–Crippen LogP) is 2.82. The fourth-order valence-electron chi connectivity index (χ4n) is 2.69. The van der Waals surface area contributed by atoms with Crippen molar-refractivity contribution in [2.45, 2.75) is 32.7 Å². The van der Waals surface area contributed by atoms with E-state index in [2.05, 4.69) is 48.5 Å². The molecule has 1 heterocycles. The van der Waals surface area contributed by atoms with Gasteiger partial charge in [-0.2, -0.15) is 0 Å². The molecule has 2 nitrogen and oxygen atoms in total. The first-order valence-electron chi connectivity index (χ1n) is 7.19. The van der Waals surface area contributed by atoms with Crippen LogP contribution in [0.4, 0.5) is 0 Å². The number of rotatable bonds is 5. The van der Waals surface area contributed by atoms with Crippen LogP contribution < -0.4 is 5.32 Å². The normalized spacial score (nSPS) is 18.1. The number of piperidine rings is 1. The van der Waals surface area contributed by atoms with Crippen molar-refractivity contribution in [3.63, 3.8) is 0 Å². The fraction of sp³-hybridized carbons (Fsp3) is 0.625. The summed E-state index contributed by atoms with van der Waals surface area (Å²) >= 11 is 0. The van der Waals surface area contributed by atoms with E-state index in [9.17, 15) is 0 Å². The van der Waals surface area contributed by atoms with Crippen LogP contribution in [0.5, 0.6) is 0 Å².